The van der Waals surface area contributed by atoms with Crippen LogP contribution in [-0.2, 0) is 9.59 Å². The van der Waals surface area contributed by atoms with Gasteiger partial charge in [-0.1, -0.05) is 23.8 Å². The zero-order valence-corrected chi connectivity index (χ0v) is 13.5. The molecule has 2 amide bonds. The van der Waals surface area contributed by atoms with E-state index in [0.717, 1.165) is 17.3 Å². The third kappa shape index (κ3) is 1.85. The van der Waals surface area contributed by atoms with Crippen molar-refractivity contribution in [3.63, 3.8) is 0 Å². The zero-order chi connectivity index (χ0) is 14.7. The van der Waals surface area contributed by atoms with Crippen molar-refractivity contribution in [3.05, 3.63) is 39.8 Å². The average Bonchev–Trinajstić information content (AvgIpc) is 2.78. The van der Waals surface area contributed by atoms with Gasteiger partial charge in [-0.15, -0.1) is 0 Å². The minimum absolute atomic E-state index is 0.0672. The van der Waals surface area contributed by atoms with E-state index in [0.29, 0.717) is 10.7 Å². The molecule has 0 aromatic heterocycles. The van der Waals surface area contributed by atoms with Crippen LogP contribution in [-0.4, -0.2) is 11.8 Å². The lowest BCUT2D eigenvalue weighted by Crippen LogP contribution is -2.38. The highest BCUT2D eigenvalue weighted by molar-refractivity contribution is 9.10. The molecule has 1 saturated heterocycles. The normalized spacial score (nSPS) is 33.7. The van der Waals surface area contributed by atoms with Crippen LogP contribution in [0, 0.1) is 23.7 Å². The van der Waals surface area contributed by atoms with E-state index in [4.69, 9.17) is 11.6 Å². The summed E-state index contributed by atoms with van der Waals surface area (Å²) < 4.78 is 0.756. The summed E-state index contributed by atoms with van der Waals surface area (Å²) in [4.78, 5) is 26.8. The highest BCUT2D eigenvalue weighted by atomic mass is 79.9. The van der Waals surface area contributed by atoms with Crippen molar-refractivity contribution >= 4 is 45.0 Å². The average molecular weight is 367 g/mol. The summed E-state index contributed by atoms with van der Waals surface area (Å²) in [5.74, 6) is -0.0584. The first-order valence-corrected chi connectivity index (χ1v) is 8.26. The Balaban J connectivity index is 1.76. The van der Waals surface area contributed by atoms with Crippen LogP contribution in [0.5, 0.6) is 0 Å². The Hall–Kier alpha value is -1.13. The zero-order valence-electron chi connectivity index (χ0n) is 11.1. The van der Waals surface area contributed by atoms with Crippen LogP contribution in [0.2, 0.25) is 5.02 Å². The fourth-order valence-electron chi connectivity index (χ4n) is 3.95. The molecular formula is C16H13BrClNO2. The number of halogens is 2. The number of anilines is 1. The topological polar surface area (TPSA) is 37.4 Å². The molecule has 3 nitrogen and oxygen atoms in total. The summed E-state index contributed by atoms with van der Waals surface area (Å²) in [6.45, 7) is 0. The molecular weight excluding hydrogens is 354 g/mol. The summed E-state index contributed by atoms with van der Waals surface area (Å²) in [6.07, 6.45) is 6.27. The van der Waals surface area contributed by atoms with Gasteiger partial charge in [0.15, 0.2) is 0 Å². The Morgan fingerprint density at radius 3 is 2.10 bits per heavy atom. The number of allylic oxidation sites excluding steroid dienone is 2. The molecule has 1 aliphatic heterocycles. The molecule has 3 aliphatic carbocycles. The lowest BCUT2D eigenvalue weighted by molar-refractivity contribution is -0.124. The Morgan fingerprint density at radius 2 is 1.62 bits per heavy atom. The first kappa shape index (κ1) is 13.5. The molecule has 108 valence electrons. The van der Waals surface area contributed by atoms with Crippen molar-refractivity contribution in [2.75, 3.05) is 4.90 Å². The van der Waals surface area contributed by atoms with E-state index in [1.165, 1.54) is 4.90 Å². The first-order valence-electron chi connectivity index (χ1n) is 7.09. The minimum atomic E-state index is -0.177. The van der Waals surface area contributed by atoms with Gasteiger partial charge in [0.25, 0.3) is 0 Å². The van der Waals surface area contributed by atoms with Crippen molar-refractivity contribution in [1.82, 2.24) is 0 Å². The van der Waals surface area contributed by atoms with Gasteiger partial charge >= 0.3 is 0 Å². The van der Waals surface area contributed by atoms with E-state index in [-0.39, 0.29) is 35.5 Å². The monoisotopic (exact) mass is 365 g/mol. The molecule has 1 aromatic rings. The maximum Gasteiger partial charge on any atom is 0.238 e. The summed E-state index contributed by atoms with van der Waals surface area (Å²) in [7, 11) is 0. The third-order valence-corrected chi connectivity index (χ3v) is 6.15. The maximum atomic E-state index is 12.8. The van der Waals surface area contributed by atoms with Gasteiger partial charge in [0.1, 0.15) is 0 Å². The maximum absolute atomic E-state index is 12.8. The Labute approximate surface area is 136 Å². The highest BCUT2D eigenvalue weighted by Gasteiger charge is 2.56. The molecule has 0 spiro atoms. The fraction of sp³-hybridized carbons (Fsp3) is 0.375. The largest absolute Gasteiger partial charge is 0.274 e. The van der Waals surface area contributed by atoms with E-state index in [1.807, 2.05) is 0 Å². The number of rotatable bonds is 1. The van der Waals surface area contributed by atoms with Crippen molar-refractivity contribution < 1.29 is 9.59 Å². The smallest absolute Gasteiger partial charge is 0.238 e. The van der Waals surface area contributed by atoms with Crippen LogP contribution in [0.25, 0.3) is 0 Å². The van der Waals surface area contributed by atoms with Gasteiger partial charge in [0, 0.05) is 4.47 Å². The molecule has 0 radical (unpaired) electrons. The molecule has 4 atom stereocenters. The molecule has 5 heteroatoms. The van der Waals surface area contributed by atoms with Crippen LogP contribution in [0.3, 0.4) is 0 Å². The van der Waals surface area contributed by atoms with Crippen LogP contribution < -0.4 is 4.90 Å². The van der Waals surface area contributed by atoms with Crippen molar-refractivity contribution in [2.45, 2.75) is 12.8 Å². The molecule has 1 heterocycles. The second-order valence-corrected chi connectivity index (χ2v) is 7.21. The summed E-state index contributed by atoms with van der Waals surface area (Å²) in [5, 5.41) is 0.504. The van der Waals surface area contributed by atoms with Gasteiger partial charge in [-0.3, -0.25) is 9.59 Å². The van der Waals surface area contributed by atoms with Crippen LogP contribution >= 0.6 is 27.5 Å². The van der Waals surface area contributed by atoms with Crippen molar-refractivity contribution in [2.24, 2.45) is 23.7 Å². The standard InChI is InChI=1S/C16H13BrClNO2/c17-11-6-5-10(7-12(11)18)19-15(20)13-8-1-2-9(4-3-8)14(13)16(19)21/h1-2,5-9,13-14H,3-4H2/t8-,9+,13-,14+. The first-order chi connectivity index (χ1) is 10.1. The third-order valence-electron chi connectivity index (χ3n) is 4.92. The Morgan fingerprint density at radius 1 is 1.05 bits per heavy atom. The summed E-state index contributed by atoms with van der Waals surface area (Å²) in [5.41, 5.74) is 0.576. The van der Waals surface area contributed by atoms with E-state index < -0.39 is 0 Å². The van der Waals surface area contributed by atoms with Gasteiger partial charge in [0.2, 0.25) is 11.8 Å². The van der Waals surface area contributed by atoms with E-state index in [2.05, 4.69) is 28.1 Å². The van der Waals surface area contributed by atoms with Gasteiger partial charge in [-0.25, -0.2) is 4.90 Å². The molecule has 0 N–H and O–H groups in total. The van der Waals surface area contributed by atoms with Crippen LogP contribution in [0.4, 0.5) is 5.69 Å². The molecule has 4 aliphatic rings. The predicted octanol–water partition coefficient (Wildman–Crippen LogP) is 3.80. The van der Waals surface area contributed by atoms with E-state index in [1.54, 1.807) is 18.2 Å². The van der Waals surface area contributed by atoms with E-state index >= 15 is 0 Å². The van der Waals surface area contributed by atoms with E-state index in [9.17, 15) is 9.59 Å². The summed E-state index contributed by atoms with van der Waals surface area (Å²) >= 11 is 9.43. The molecule has 2 fully saturated rings. The Bertz CT molecular complexity index is 655. The number of carbonyl (C=O) groups is 2. The molecule has 1 saturated carbocycles. The van der Waals surface area contributed by atoms with Crippen molar-refractivity contribution in [1.29, 1.82) is 0 Å². The van der Waals surface area contributed by atoms with Gasteiger partial charge in [-0.05, 0) is 58.8 Å². The lowest BCUT2D eigenvalue weighted by Gasteiger charge is -2.38. The second-order valence-electron chi connectivity index (χ2n) is 5.95. The number of amides is 2. The number of imide groups is 1. The quantitative estimate of drug-likeness (QED) is 0.560. The summed E-state index contributed by atoms with van der Waals surface area (Å²) in [6, 6.07) is 5.21. The van der Waals surface area contributed by atoms with Crippen LogP contribution in [0.1, 0.15) is 12.8 Å². The number of carbonyl (C=O) groups excluding carboxylic acids is 2. The number of fused-ring (bicyclic) bond motifs is 1. The van der Waals surface area contributed by atoms with Gasteiger partial charge in [-0.2, -0.15) is 0 Å². The van der Waals surface area contributed by atoms with Gasteiger partial charge in [0.05, 0.1) is 22.5 Å². The SMILES string of the molecule is O=C1[C@@H]2[C@H](C(=O)N1c1ccc(Br)c(Cl)c1)[C@@H]1C=C[C@H]2CC1. The molecule has 0 unspecified atom stereocenters. The molecule has 21 heavy (non-hydrogen) atoms. The van der Waals surface area contributed by atoms with Crippen molar-refractivity contribution in [3.8, 4) is 0 Å². The number of hydrogen-bond acceptors (Lipinski definition) is 2. The molecule has 1 aromatic carbocycles. The highest BCUT2D eigenvalue weighted by Crippen LogP contribution is 2.50. The van der Waals surface area contributed by atoms with Gasteiger partial charge < -0.3 is 0 Å². The number of benzene rings is 1. The fourth-order valence-corrected chi connectivity index (χ4v) is 4.37. The number of nitrogens with zero attached hydrogens (tertiary/aromatic N) is 1. The molecule has 5 rings (SSSR count). The molecule has 2 bridgehead atoms. The second kappa shape index (κ2) is 4.68. The minimum Gasteiger partial charge on any atom is -0.274 e. The Kier molecular flexibility index (Phi) is 3.02. The number of hydrogen-bond donors (Lipinski definition) is 0. The lowest BCUT2D eigenvalue weighted by atomic mass is 9.63. The predicted molar refractivity (Wildman–Crippen MR) is 84.0 cm³/mol. The van der Waals surface area contributed by atoms with Crippen LogP contribution in [0.15, 0.2) is 34.8 Å².